The van der Waals surface area contributed by atoms with Crippen LogP contribution in [0.2, 0.25) is 0 Å². The molecule has 0 bridgehead atoms. The summed E-state index contributed by atoms with van der Waals surface area (Å²) in [5.74, 6) is 0.0625. The predicted octanol–water partition coefficient (Wildman–Crippen LogP) is 0.393. The number of nitrogens with zero attached hydrogens (tertiary/aromatic N) is 1. The van der Waals surface area contributed by atoms with Gasteiger partial charge in [0.1, 0.15) is 0 Å². The van der Waals surface area contributed by atoms with Crippen molar-refractivity contribution in [2.45, 2.75) is 6.92 Å². The molecule has 0 aromatic carbocycles. The molecule has 7 heavy (non-hydrogen) atoms. The molecule has 3 N–H and O–H groups in total. The normalized spacial score (nSPS) is 11.3. The van der Waals surface area contributed by atoms with E-state index in [1.165, 1.54) is 0 Å². The maximum atomic E-state index is 8.26. The second-order valence-electron chi connectivity index (χ2n) is 1.17. The Morgan fingerprint density at radius 1 is 1.86 bits per heavy atom. The first-order valence-corrected chi connectivity index (χ1v) is 1.81. The summed E-state index contributed by atoms with van der Waals surface area (Å²) < 4.78 is 0. The van der Waals surface area contributed by atoms with Crippen molar-refractivity contribution in [3.05, 3.63) is 12.5 Å². The van der Waals surface area contributed by atoms with E-state index >= 15 is 0 Å². The zero-order valence-electron chi connectivity index (χ0n) is 4.18. The minimum atomic E-state index is -0.250. The molecule has 0 amide bonds. The molecule has 40 valence electrons. The van der Waals surface area contributed by atoms with Crippen molar-refractivity contribution in [1.29, 1.82) is 0 Å². The summed E-state index contributed by atoms with van der Waals surface area (Å²) in [6.07, 6.45) is 0. The minimum absolute atomic E-state index is 0.250. The second kappa shape index (κ2) is 2.23. The molecule has 0 aliphatic rings. The molecule has 3 nitrogen and oxygen atoms in total. The van der Waals surface area contributed by atoms with Gasteiger partial charge in [-0.3, -0.25) is 0 Å². The lowest BCUT2D eigenvalue weighted by Crippen LogP contribution is -2.04. The summed E-state index contributed by atoms with van der Waals surface area (Å²) >= 11 is 0. The SMILES string of the molecule is C=C(O)/N=C(/C)N. The molecular weight excluding hydrogens is 92.1 g/mol. The fourth-order valence-electron chi connectivity index (χ4n) is 0.204. The van der Waals surface area contributed by atoms with E-state index in [4.69, 9.17) is 10.8 Å². The number of amidine groups is 1. The van der Waals surface area contributed by atoms with Gasteiger partial charge in [-0.1, -0.05) is 0 Å². The molecular formula is C4H8N2O. The molecule has 0 heterocycles. The standard InChI is InChI=1S/C4H8N2O/c1-3(5)6-4(2)7/h7H,2H2,1H3,(H2,5,6). The average molecular weight is 100 g/mol. The van der Waals surface area contributed by atoms with Crippen molar-refractivity contribution >= 4 is 5.84 Å². The van der Waals surface area contributed by atoms with Crippen LogP contribution in [-0.4, -0.2) is 10.9 Å². The zero-order chi connectivity index (χ0) is 5.86. The van der Waals surface area contributed by atoms with Gasteiger partial charge >= 0.3 is 0 Å². The van der Waals surface area contributed by atoms with Gasteiger partial charge < -0.3 is 10.8 Å². The lowest BCUT2D eigenvalue weighted by molar-refractivity contribution is 0.410. The Balaban J connectivity index is 3.68. The highest BCUT2D eigenvalue weighted by Gasteiger charge is 1.77. The van der Waals surface area contributed by atoms with Crippen LogP contribution in [0.5, 0.6) is 0 Å². The first kappa shape index (κ1) is 6.01. The third-order valence-electron chi connectivity index (χ3n) is 0.305. The topological polar surface area (TPSA) is 58.6 Å². The fourth-order valence-corrected chi connectivity index (χ4v) is 0.204. The second-order valence-corrected chi connectivity index (χ2v) is 1.17. The number of hydrogen-bond acceptors (Lipinski definition) is 2. The van der Waals surface area contributed by atoms with Crippen LogP contribution in [0, 0.1) is 0 Å². The Morgan fingerprint density at radius 2 is 2.29 bits per heavy atom. The molecule has 0 unspecified atom stereocenters. The highest BCUT2D eigenvalue weighted by Crippen LogP contribution is 1.80. The van der Waals surface area contributed by atoms with E-state index in [0.29, 0.717) is 5.84 Å². The molecule has 0 saturated carbocycles. The molecule has 0 aliphatic heterocycles. The smallest absolute Gasteiger partial charge is 0.204 e. The van der Waals surface area contributed by atoms with E-state index in [2.05, 4.69) is 11.6 Å². The van der Waals surface area contributed by atoms with E-state index in [-0.39, 0.29) is 5.88 Å². The molecule has 0 saturated heterocycles. The van der Waals surface area contributed by atoms with Crippen LogP contribution >= 0.6 is 0 Å². The molecule has 0 atom stereocenters. The van der Waals surface area contributed by atoms with Gasteiger partial charge in [0, 0.05) is 0 Å². The molecule has 0 rings (SSSR count). The molecule has 3 heteroatoms. The van der Waals surface area contributed by atoms with Crippen LogP contribution in [0.4, 0.5) is 0 Å². The number of aliphatic hydroxyl groups is 1. The number of aliphatic imine (C=N–C) groups is 1. The van der Waals surface area contributed by atoms with Crippen LogP contribution in [0.3, 0.4) is 0 Å². The first-order chi connectivity index (χ1) is 3.13. The van der Waals surface area contributed by atoms with Gasteiger partial charge in [-0.2, -0.15) is 0 Å². The summed E-state index contributed by atoms with van der Waals surface area (Å²) in [5.41, 5.74) is 5.02. The summed E-state index contributed by atoms with van der Waals surface area (Å²) in [4.78, 5) is 3.33. The van der Waals surface area contributed by atoms with Crippen LogP contribution in [0.1, 0.15) is 6.92 Å². The lowest BCUT2D eigenvalue weighted by Gasteiger charge is -1.85. The zero-order valence-corrected chi connectivity index (χ0v) is 4.18. The molecule has 0 spiro atoms. The Kier molecular flexibility index (Phi) is 1.91. The van der Waals surface area contributed by atoms with E-state index in [9.17, 15) is 0 Å². The van der Waals surface area contributed by atoms with E-state index in [1.54, 1.807) is 6.92 Å². The number of nitrogens with two attached hydrogens (primary N) is 1. The van der Waals surface area contributed by atoms with Gasteiger partial charge in [0.25, 0.3) is 0 Å². The lowest BCUT2D eigenvalue weighted by atomic mass is 10.7. The minimum Gasteiger partial charge on any atom is -0.494 e. The highest BCUT2D eigenvalue weighted by atomic mass is 16.3. The van der Waals surface area contributed by atoms with Crippen molar-refractivity contribution in [1.82, 2.24) is 0 Å². The maximum absolute atomic E-state index is 8.26. The summed E-state index contributed by atoms with van der Waals surface area (Å²) in [7, 11) is 0. The Bertz CT molecular complexity index is 102. The Hall–Kier alpha value is -0.990. The van der Waals surface area contributed by atoms with Gasteiger partial charge in [0.05, 0.1) is 5.84 Å². The molecule has 0 fully saturated rings. The van der Waals surface area contributed by atoms with Gasteiger partial charge in [-0.25, -0.2) is 4.99 Å². The fraction of sp³-hybridized carbons (Fsp3) is 0.250. The van der Waals surface area contributed by atoms with Crippen molar-refractivity contribution in [3.8, 4) is 0 Å². The molecule has 0 aliphatic carbocycles. The van der Waals surface area contributed by atoms with Crippen LogP contribution < -0.4 is 5.73 Å². The van der Waals surface area contributed by atoms with E-state index in [1.807, 2.05) is 0 Å². The van der Waals surface area contributed by atoms with Crippen molar-refractivity contribution < 1.29 is 5.11 Å². The van der Waals surface area contributed by atoms with Crippen LogP contribution in [-0.2, 0) is 0 Å². The Morgan fingerprint density at radius 3 is 2.29 bits per heavy atom. The number of hydrogen-bond donors (Lipinski definition) is 2. The summed E-state index contributed by atoms with van der Waals surface area (Å²) in [6, 6.07) is 0. The monoisotopic (exact) mass is 100 g/mol. The quantitative estimate of drug-likeness (QED) is 0.284. The highest BCUT2D eigenvalue weighted by molar-refractivity contribution is 5.78. The van der Waals surface area contributed by atoms with Gasteiger partial charge in [0.2, 0.25) is 5.88 Å². The van der Waals surface area contributed by atoms with Crippen molar-refractivity contribution in [2.24, 2.45) is 10.7 Å². The van der Waals surface area contributed by atoms with Crippen LogP contribution in [0.25, 0.3) is 0 Å². The molecule has 0 aromatic rings. The number of aliphatic hydroxyl groups excluding tert-OH is 1. The van der Waals surface area contributed by atoms with Gasteiger partial charge in [0.15, 0.2) is 0 Å². The number of rotatable bonds is 1. The third-order valence-corrected chi connectivity index (χ3v) is 0.305. The molecule has 0 radical (unpaired) electrons. The van der Waals surface area contributed by atoms with Gasteiger partial charge in [-0.05, 0) is 13.5 Å². The first-order valence-electron chi connectivity index (χ1n) is 1.81. The molecule has 0 aromatic heterocycles. The predicted molar refractivity (Wildman–Crippen MR) is 29.1 cm³/mol. The largest absolute Gasteiger partial charge is 0.494 e. The third kappa shape index (κ3) is 5.01. The maximum Gasteiger partial charge on any atom is 0.204 e. The van der Waals surface area contributed by atoms with Gasteiger partial charge in [-0.15, -0.1) is 0 Å². The van der Waals surface area contributed by atoms with Crippen molar-refractivity contribution in [3.63, 3.8) is 0 Å². The van der Waals surface area contributed by atoms with Crippen molar-refractivity contribution in [2.75, 3.05) is 0 Å². The van der Waals surface area contributed by atoms with Crippen LogP contribution in [0.15, 0.2) is 17.5 Å². The Labute approximate surface area is 42.2 Å². The average Bonchev–Trinajstić information content (AvgIpc) is 1.27. The van der Waals surface area contributed by atoms with E-state index in [0.717, 1.165) is 0 Å². The summed E-state index contributed by atoms with van der Waals surface area (Å²) in [6.45, 7) is 4.65. The van der Waals surface area contributed by atoms with E-state index < -0.39 is 0 Å². The summed E-state index contributed by atoms with van der Waals surface area (Å²) in [5, 5.41) is 8.26.